The molecule has 20 heavy (non-hydrogen) atoms. The number of likely N-dealkylation sites (N-methyl/N-ethyl adjacent to an activating group) is 1. The van der Waals surface area contributed by atoms with Crippen LogP contribution in [-0.2, 0) is 4.74 Å². The predicted octanol–water partition coefficient (Wildman–Crippen LogP) is 1.37. The maximum Gasteiger partial charge on any atom is 0.188 e. The zero-order valence-corrected chi connectivity index (χ0v) is 12.7. The van der Waals surface area contributed by atoms with Gasteiger partial charge in [0, 0.05) is 32.4 Å². The maximum absolute atomic E-state index is 5.78. The van der Waals surface area contributed by atoms with Crippen molar-refractivity contribution in [2.24, 2.45) is 10.7 Å². The number of nitrogens with two attached hydrogens (primary N) is 1. The number of ether oxygens (including phenoxy) is 1. The number of nitrogens with zero attached hydrogens (tertiary/aromatic N) is 2. The largest absolute Gasteiger partial charge is 0.383 e. The first-order valence-corrected chi connectivity index (χ1v) is 7.02. The van der Waals surface area contributed by atoms with E-state index >= 15 is 0 Å². The first-order valence-electron chi connectivity index (χ1n) is 7.02. The van der Waals surface area contributed by atoms with E-state index in [1.54, 1.807) is 7.11 Å². The molecule has 1 aromatic rings. The molecule has 5 nitrogen and oxygen atoms in total. The zero-order valence-electron chi connectivity index (χ0n) is 12.7. The van der Waals surface area contributed by atoms with E-state index in [0.29, 0.717) is 19.1 Å². The Morgan fingerprint density at radius 2 is 2.15 bits per heavy atom. The van der Waals surface area contributed by atoms with Gasteiger partial charge in [0.25, 0.3) is 0 Å². The normalized spacial score (nSPS) is 11.4. The molecule has 0 aliphatic rings. The first-order chi connectivity index (χ1) is 9.69. The molecular formula is C15H26N4O. The molecule has 0 bridgehead atoms. The summed E-state index contributed by atoms with van der Waals surface area (Å²) in [5.74, 6) is 0.475. The summed E-state index contributed by atoms with van der Waals surface area (Å²) in [6.45, 7) is 8.09. The second-order valence-electron chi connectivity index (χ2n) is 4.55. The zero-order chi connectivity index (χ0) is 14.8. The monoisotopic (exact) mass is 278 g/mol. The molecule has 0 amide bonds. The van der Waals surface area contributed by atoms with Crippen LogP contribution < -0.4 is 16.0 Å². The number of anilines is 1. The summed E-state index contributed by atoms with van der Waals surface area (Å²) in [5.41, 5.74) is 8.33. The van der Waals surface area contributed by atoms with Gasteiger partial charge in [-0.3, -0.25) is 4.99 Å². The van der Waals surface area contributed by atoms with Gasteiger partial charge in [-0.25, -0.2) is 0 Å². The molecule has 0 aliphatic carbocycles. The van der Waals surface area contributed by atoms with E-state index in [1.807, 2.05) is 0 Å². The van der Waals surface area contributed by atoms with Crippen molar-refractivity contribution in [1.82, 2.24) is 5.32 Å². The van der Waals surface area contributed by atoms with Gasteiger partial charge in [0.1, 0.15) is 0 Å². The molecule has 0 unspecified atom stereocenters. The van der Waals surface area contributed by atoms with Gasteiger partial charge in [0.15, 0.2) is 5.96 Å². The van der Waals surface area contributed by atoms with Crippen molar-refractivity contribution < 1.29 is 4.74 Å². The average Bonchev–Trinajstić information content (AvgIpc) is 2.45. The van der Waals surface area contributed by atoms with E-state index in [2.05, 4.69) is 53.3 Å². The average molecular weight is 278 g/mol. The number of methoxy groups -OCH3 is 1. The molecule has 3 N–H and O–H groups in total. The SMILES string of the molecule is CCN(CCNC(N)=NCCOC)c1ccccc1C. The Morgan fingerprint density at radius 1 is 1.40 bits per heavy atom. The quantitative estimate of drug-likeness (QED) is 0.428. The Bertz CT molecular complexity index is 420. The van der Waals surface area contributed by atoms with Crippen LogP contribution in [0.2, 0.25) is 0 Å². The minimum atomic E-state index is 0.475. The number of aryl methyl sites for hydroxylation is 1. The number of aliphatic imine (C=N–C) groups is 1. The van der Waals surface area contributed by atoms with Crippen LogP contribution in [0.5, 0.6) is 0 Å². The third kappa shape index (κ3) is 5.48. The highest BCUT2D eigenvalue weighted by molar-refractivity contribution is 5.77. The van der Waals surface area contributed by atoms with Gasteiger partial charge in [-0.05, 0) is 25.5 Å². The summed E-state index contributed by atoms with van der Waals surface area (Å²) in [5, 5.41) is 3.13. The number of guanidine groups is 1. The van der Waals surface area contributed by atoms with Crippen LogP contribution in [0.3, 0.4) is 0 Å². The summed E-state index contributed by atoms with van der Waals surface area (Å²) in [7, 11) is 1.65. The lowest BCUT2D eigenvalue weighted by atomic mass is 10.2. The third-order valence-electron chi connectivity index (χ3n) is 3.10. The molecule has 0 radical (unpaired) electrons. The molecule has 5 heteroatoms. The fourth-order valence-corrected chi connectivity index (χ4v) is 2.00. The Kier molecular flexibility index (Phi) is 7.50. The lowest BCUT2D eigenvalue weighted by molar-refractivity contribution is 0.208. The summed E-state index contributed by atoms with van der Waals surface area (Å²) in [4.78, 5) is 6.49. The van der Waals surface area contributed by atoms with E-state index in [0.717, 1.165) is 19.6 Å². The van der Waals surface area contributed by atoms with E-state index in [1.165, 1.54) is 11.3 Å². The fraction of sp³-hybridized carbons (Fsp3) is 0.533. The van der Waals surface area contributed by atoms with Crippen molar-refractivity contribution in [2.45, 2.75) is 13.8 Å². The van der Waals surface area contributed by atoms with E-state index < -0.39 is 0 Å². The molecule has 1 rings (SSSR count). The first kappa shape index (κ1) is 16.3. The Morgan fingerprint density at radius 3 is 2.80 bits per heavy atom. The second-order valence-corrected chi connectivity index (χ2v) is 4.55. The molecule has 0 saturated heterocycles. The number of para-hydroxylation sites is 1. The van der Waals surface area contributed by atoms with Gasteiger partial charge in [0.2, 0.25) is 0 Å². The number of nitrogens with one attached hydrogen (secondary N) is 1. The van der Waals surface area contributed by atoms with Crippen molar-refractivity contribution in [2.75, 3.05) is 44.8 Å². The minimum absolute atomic E-state index is 0.475. The summed E-state index contributed by atoms with van der Waals surface area (Å²) in [6.07, 6.45) is 0. The van der Waals surface area contributed by atoms with Crippen LogP contribution in [0.25, 0.3) is 0 Å². The molecule has 0 heterocycles. The lowest BCUT2D eigenvalue weighted by Gasteiger charge is -2.25. The van der Waals surface area contributed by atoms with E-state index in [9.17, 15) is 0 Å². The van der Waals surface area contributed by atoms with Gasteiger partial charge in [0.05, 0.1) is 13.2 Å². The second kappa shape index (κ2) is 9.20. The molecule has 1 aromatic carbocycles. The fourth-order valence-electron chi connectivity index (χ4n) is 2.00. The molecule has 0 saturated carbocycles. The molecule has 0 fully saturated rings. The summed E-state index contributed by atoms with van der Waals surface area (Å²) >= 11 is 0. The van der Waals surface area contributed by atoms with Crippen LogP contribution in [-0.4, -0.2) is 45.9 Å². The third-order valence-corrected chi connectivity index (χ3v) is 3.10. The van der Waals surface area contributed by atoms with Crippen molar-refractivity contribution in [3.05, 3.63) is 29.8 Å². The van der Waals surface area contributed by atoms with Crippen molar-refractivity contribution >= 4 is 11.6 Å². The molecule has 0 atom stereocenters. The van der Waals surface area contributed by atoms with Crippen LogP contribution in [0, 0.1) is 6.92 Å². The number of hydrogen-bond acceptors (Lipinski definition) is 3. The maximum atomic E-state index is 5.78. The van der Waals surface area contributed by atoms with Crippen LogP contribution in [0.15, 0.2) is 29.3 Å². The van der Waals surface area contributed by atoms with E-state index in [-0.39, 0.29) is 0 Å². The molecule has 0 aliphatic heterocycles. The standard InChI is InChI=1S/C15H26N4O/c1-4-19(14-8-6-5-7-13(14)2)11-9-17-15(16)18-10-12-20-3/h5-8H,4,9-12H2,1-3H3,(H3,16,17,18). The number of rotatable bonds is 8. The molecular weight excluding hydrogens is 252 g/mol. The van der Waals surface area contributed by atoms with Crippen LogP contribution in [0.1, 0.15) is 12.5 Å². The Balaban J connectivity index is 2.43. The lowest BCUT2D eigenvalue weighted by Crippen LogP contribution is -2.39. The highest BCUT2D eigenvalue weighted by atomic mass is 16.5. The van der Waals surface area contributed by atoms with Crippen LogP contribution in [0.4, 0.5) is 5.69 Å². The van der Waals surface area contributed by atoms with Crippen molar-refractivity contribution in [1.29, 1.82) is 0 Å². The van der Waals surface area contributed by atoms with Crippen molar-refractivity contribution in [3.8, 4) is 0 Å². The van der Waals surface area contributed by atoms with Gasteiger partial charge < -0.3 is 20.7 Å². The molecule has 0 spiro atoms. The smallest absolute Gasteiger partial charge is 0.188 e. The van der Waals surface area contributed by atoms with E-state index in [4.69, 9.17) is 10.5 Å². The van der Waals surface area contributed by atoms with Gasteiger partial charge in [-0.1, -0.05) is 18.2 Å². The summed E-state index contributed by atoms with van der Waals surface area (Å²) in [6, 6.07) is 8.41. The Labute approximate surface area is 121 Å². The highest BCUT2D eigenvalue weighted by Crippen LogP contribution is 2.18. The predicted molar refractivity (Wildman–Crippen MR) is 85.4 cm³/mol. The van der Waals surface area contributed by atoms with Gasteiger partial charge in [-0.15, -0.1) is 0 Å². The number of hydrogen-bond donors (Lipinski definition) is 2. The minimum Gasteiger partial charge on any atom is -0.383 e. The highest BCUT2D eigenvalue weighted by Gasteiger charge is 2.06. The van der Waals surface area contributed by atoms with Gasteiger partial charge >= 0.3 is 0 Å². The topological polar surface area (TPSA) is 62.9 Å². The van der Waals surface area contributed by atoms with Gasteiger partial charge in [-0.2, -0.15) is 0 Å². The molecule has 112 valence electrons. The summed E-state index contributed by atoms with van der Waals surface area (Å²) < 4.78 is 4.92. The molecule has 0 aromatic heterocycles. The Hall–Kier alpha value is -1.75. The van der Waals surface area contributed by atoms with Crippen molar-refractivity contribution in [3.63, 3.8) is 0 Å². The number of benzene rings is 1. The van der Waals surface area contributed by atoms with Crippen LogP contribution >= 0.6 is 0 Å².